The molecule has 1 rings (SSSR count). The molecule has 0 heterocycles. The van der Waals surface area contributed by atoms with Gasteiger partial charge in [0, 0.05) is 0 Å². The minimum absolute atomic E-state index is 0.0475. The highest BCUT2D eigenvalue weighted by Gasteiger charge is 2.45. The zero-order valence-corrected chi connectivity index (χ0v) is 6.44. The van der Waals surface area contributed by atoms with Gasteiger partial charge in [-0.05, 0) is 26.7 Å². The zero-order valence-electron chi connectivity index (χ0n) is 6.44. The molecule has 2 heteroatoms. The van der Waals surface area contributed by atoms with Crippen LogP contribution in [0, 0.1) is 5.41 Å². The van der Waals surface area contributed by atoms with Gasteiger partial charge in [0.15, 0.2) is 0 Å². The molecule has 0 aromatic carbocycles. The summed E-state index contributed by atoms with van der Waals surface area (Å²) in [7, 11) is 0. The molecule has 0 aromatic heterocycles. The van der Waals surface area contributed by atoms with Crippen LogP contribution in [0.4, 0.5) is 0 Å². The van der Waals surface area contributed by atoms with Gasteiger partial charge in [0.1, 0.15) is 11.6 Å². The molecule has 0 saturated heterocycles. The van der Waals surface area contributed by atoms with Crippen LogP contribution >= 0.6 is 0 Å². The lowest BCUT2D eigenvalue weighted by atomic mass is 9.64. The maximum Gasteiger partial charge on any atom is 0.143 e. The largest absolute Gasteiger partial charge is 0.299 e. The molecule has 1 fully saturated rings. The van der Waals surface area contributed by atoms with Gasteiger partial charge in [-0.3, -0.25) is 9.59 Å². The van der Waals surface area contributed by atoms with Crippen molar-refractivity contribution in [3.63, 3.8) is 0 Å². The van der Waals surface area contributed by atoms with Crippen molar-refractivity contribution in [3.8, 4) is 0 Å². The first-order valence-electron chi connectivity index (χ1n) is 3.62. The average molecular weight is 140 g/mol. The molecule has 56 valence electrons. The summed E-state index contributed by atoms with van der Waals surface area (Å²) >= 11 is 0. The Morgan fingerprint density at radius 3 is 1.50 bits per heavy atom. The van der Waals surface area contributed by atoms with Crippen LogP contribution in [0.1, 0.15) is 33.1 Å². The van der Waals surface area contributed by atoms with E-state index in [0.29, 0.717) is 0 Å². The summed E-state index contributed by atoms with van der Waals surface area (Å²) in [6.07, 6.45) is 2.58. The summed E-state index contributed by atoms with van der Waals surface area (Å²) in [5.41, 5.74) is -0.556. The van der Waals surface area contributed by atoms with Gasteiger partial charge in [-0.1, -0.05) is 6.42 Å². The topological polar surface area (TPSA) is 34.1 Å². The Morgan fingerprint density at radius 2 is 1.50 bits per heavy atom. The number of hydrogen-bond acceptors (Lipinski definition) is 2. The van der Waals surface area contributed by atoms with E-state index in [-0.39, 0.29) is 11.6 Å². The number of carbonyl (C=O) groups excluding carboxylic acids is 2. The van der Waals surface area contributed by atoms with Gasteiger partial charge < -0.3 is 0 Å². The molecule has 1 aliphatic carbocycles. The van der Waals surface area contributed by atoms with Crippen LogP contribution < -0.4 is 0 Å². The SMILES string of the molecule is CC(=O)C1(C(C)=O)CCC1. The molecule has 0 spiro atoms. The van der Waals surface area contributed by atoms with Crippen molar-refractivity contribution in [2.45, 2.75) is 33.1 Å². The highest BCUT2D eigenvalue weighted by Crippen LogP contribution is 2.42. The van der Waals surface area contributed by atoms with Gasteiger partial charge in [0.05, 0.1) is 5.41 Å². The van der Waals surface area contributed by atoms with Gasteiger partial charge in [0.25, 0.3) is 0 Å². The molecular weight excluding hydrogens is 128 g/mol. The van der Waals surface area contributed by atoms with E-state index in [1.54, 1.807) is 0 Å². The number of ketones is 2. The van der Waals surface area contributed by atoms with E-state index in [1.807, 2.05) is 0 Å². The van der Waals surface area contributed by atoms with Gasteiger partial charge in [-0.15, -0.1) is 0 Å². The predicted octanol–water partition coefficient (Wildman–Crippen LogP) is 1.33. The number of Topliss-reactive ketones (excluding diaryl/α,β-unsaturated/α-hetero) is 2. The fourth-order valence-electron chi connectivity index (χ4n) is 1.48. The molecule has 0 amide bonds. The fourth-order valence-corrected chi connectivity index (χ4v) is 1.48. The van der Waals surface area contributed by atoms with E-state index in [9.17, 15) is 9.59 Å². The lowest BCUT2D eigenvalue weighted by Crippen LogP contribution is -2.42. The van der Waals surface area contributed by atoms with E-state index >= 15 is 0 Å². The first-order valence-corrected chi connectivity index (χ1v) is 3.62. The van der Waals surface area contributed by atoms with Crippen molar-refractivity contribution in [2.75, 3.05) is 0 Å². The molecule has 0 aromatic rings. The van der Waals surface area contributed by atoms with Crippen molar-refractivity contribution in [1.82, 2.24) is 0 Å². The van der Waals surface area contributed by atoms with Crippen molar-refractivity contribution in [1.29, 1.82) is 0 Å². The van der Waals surface area contributed by atoms with Crippen molar-refractivity contribution < 1.29 is 9.59 Å². The quantitative estimate of drug-likeness (QED) is 0.542. The standard InChI is InChI=1S/C8H12O2/c1-6(9)8(7(2)10)4-3-5-8/h3-5H2,1-2H3. The molecule has 2 nitrogen and oxygen atoms in total. The average Bonchev–Trinajstić information content (AvgIpc) is 1.57. The van der Waals surface area contributed by atoms with Crippen LogP contribution in [0.5, 0.6) is 0 Å². The normalized spacial score (nSPS) is 21.4. The first-order chi connectivity index (χ1) is 4.59. The lowest BCUT2D eigenvalue weighted by Gasteiger charge is -2.36. The van der Waals surface area contributed by atoms with Crippen LogP contribution in [-0.4, -0.2) is 11.6 Å². The van der Waals surface area contributed by atoms with E-state index in [1.165, 1.54) is 13.8 Å². The third-order valence-corrected chi connectivity index (χ3v) is 2.55. The second-order valence-corrected chi connectivity index (χ2v) is 3.05. The van der Waals surface area contributed by atoms with E-state index < -0.39 is 5.41 Å². The molecule has 1 aliphatic rings. The molecule has 0 atom stereocenters. The molecule has 0 aliphatic heterocycles. The third kappa shape index (κ3) is 0.789. The van der Waals surface area contributed by atoms with Gasteiger partial charge in [-0.2, -0.15) is 0 Å². The van der Waals surface area contributed by atoms with E-state index in [4.69, 9.17) is 0 Å². The molecule has 1 saturated carbocycles. The fraction of sp³-hybridized carbons (Fsp3) is 0.750. The van der Waals surface area contributed by atoms with Crippen LogP contribution in [0.25, 0.3) is 0 Å². The summed E-state index contributed by atoms with van der Waals surface area (Å²) in [6.45, 7) is 3.03. The number of hydrogen-bond donors (Lipinski definition) is 0. The van der Waals surface area contributed by atoms with Crippen LogP contribution in [-0.2, 0) is 9.59 Å². The zero-order chi connectivity index (χ0) is 7.78. The van der Waals surface area contributed by atoms with Crippen LogP contribution in [0.3, 0.4) is 0 Å². The molecule has 0 radical (unpaired) electrons. The summed E-state index contributed by atoms with van der Waals surface area (Å²) in [5.74, 6) is 0.0949. The molecular formula is C8H12O2. The van der Waals surface area contributed by atoms with Gasteiger partial charge >= 0.3 is 0 Å². The summed E-state index contributed by atoms with van der Waals surface area (Å²) in [6, 6.07) is 0. The van der Waals surface area contributed by atoms with Crippen molar-refractivity contribution in [2.24, 2.45) is 5.41 Å². The smallest absolute Gasteiger partial charge is 0.143 e. The van der Waals surface area contributed by atoms with Crippen molar-refractivity contribution in [3.05, 3.63) is 0 Å². The highest BCUT2D eigenvalue weighted by atomic mass is 16.2. The maximum absolute atomic E-state index is 11.0. The van der Waals surface area contributed by atoms with Gasteiger partial charge in [-0.25, -0.2) is 0 Å². The summed E-state index contributed by atoms with van der Waals surface area (Å²) in [4.78, 5) is 21.9. The Kier molecular flexibility index (Phi) is 1.63. The molecule has 10 heavy (non-hydrogen) atoms. The maximum atomic E-state index is 11.0. The summed E-state index contributed by atoms with van der Waals surface area (Å²) < 4.78 is 0. The Bertz CT molecular complexity index is 162. The predicted molar refractivity (Wildman–Crippen MR) is 37.6 cm³/mol. The monoisotopic (exact) mass is 140 g/mol. The second-order valence-electron chi connectivity index (χ2n) is 3.05. The van der Waals surface area contributed by atoms with E-state index in [2.05, 4.69) is 0 Å². The molecule has 0 bridgehead atoms. The highest BCUT2D eigenvalue weighted by molar-refractivity contribution is 6.05. The number of rotatable bonds is 2. The Labute approximate surface area is 60.6 Å². The Morgan fingerprint density at radius 1 is 1.10 bits per heavy atom. The number of carbonyl (C=O) groups is 2. The lowest BCUT2D eigenvalue weighted by molar-refractivity contribution is -0.143. The third-order valence-electron chi connectivity index (χ3n) is 2.55. The van der Waals surface area contributed by atoms with Gasteiger partial charge in [0.2, 0.25) is 0 Å². The van der Waals surface area contributed by atoms with Crippen LogP contribution in [0.2, 0.25) is 0 Å². The minimum atomic E-state index is -0.556. The minimum Gasteiger partial charge on any atom is -0.299 e. The Balaban J connectivity index is 2.78. The van der Waals surface area contributed by atoms with Crippen molar-refractivity contribution >= 4 is 11.6 Å². The molecule has 0 N–H and O–H groups in total. The molecule has 0 unspecified atom stereocenters. The second kappa shape index (κ2) is 2.19. The van der Waals surface area contributed by atoms with Crippen LogP contribution in [0.15, 0.2) is 0 Å². The Hall–Kier alpha value is -0.660. The first kappa shape index (κ1) is 7.45. The summed E-state index contributed by atoms with van der Waals surface area (Å²) in [5, 5.41) is 0. The van der Waals surface area contributed by atoms with E-state index in [0.717, 1.165) is 19.3 Å².